The summed E-state index contributed by atoms with van der Waals surface area (Å²) >= 11 is 0. The Morgan fingerprint density at radius 3 is 2.74 bits per heavy atom. The smallest absolute Gasteiger partial charge is 0.342 e. The van der Waals surface area contributed by atoms with Crippen LogP contribution in [0, 0.1) is 6.92 Å². The number of aromatic amines is 1. The quantitative estimate of drug-likeness (QED) is 0.776. The number of anilines is 1. The van der Waals surface area contributed by atoms with E-state index in [1.165, 1.54) is 10.8 Å². The minimum absolute atomic E-state index is 0.164. The van der Waals surface area contributed by atoms with Gasteiger partial charge in [-0.05, 0) is 31.3 Å². The van der Waals surface area contributed by atoms with Crippen LogP contribution in [0.1, 0.15) is 32.0 Å². The fourth-order valence-electron chi connectivity index (χ4n) is 2.62. The number of hydrogen-bond acceptors (Lipinski definition) is 4. The van der Waals surface area contributed by atoms with Crippen molar-refractivity contribution in [2.75, 3.05) is 18.0 Å². The molecule has 1 aliphatic rings. The van der Waals surface area contributed by atoms with Crippen molar-refractivity contribution in [2.24, 2.45) is 0 Å². The lowest BCUT2D eigenvalue weighted by Gasteiger charge is -2.26. The highest BCUT2D eigenvalue weighted by Gasteiger charge is 2.22. The zero-order valence-corrected chi connectivity index (χ0v) is 11.4. The minimum atomic E-state index is -0.164. The van der Waals surface area contributed by atoms with Crippen LogP contribution in [0.4, 0.5) is 5.95 Å². The van der Waals surface area contributed by atoms with Gasteiger partial charge in [0.1, 0.15) is 6.54 Å². The Morgan fingerprint density at radius 2 is 2.05 bits per heavy atom. The lowest BCUT2D eigenvalue weighted by atomic mass is 10.1. The summed E-state index contributed by atoms with van der Waals surface area (Å²) in [5, 5.41) is 4.37. The molecule has 19 heavy (non-hydrogen) atoms. The van der Waals surface area contributed by atoms with Gasteiger partial charge in [0.15, 0.2) is 0 Å². The lowest BCUT2D eigenvalue weighted by Crippen LogP contribution is -2.38. The maximum absolute atomic E-state index is 12.2. The molecule has 7 heteroatoms. The van der Waals surface area contributed by atoms with Crippen LogP contribution in [-0.2, 0) is 6.54 Å². The van der Waals surface area contributed by atoms with Gasteiger partial charge in [0.25, 0.3) is 5.82 Å². The molecule has 2 aromatic rings. The van der Waals surface area contributed by atoms with Crippen molar-refractivity contribution in [3.05, 3.63) is 16.3 Å². The Kier molecular flexibility index (Phi) is 2.96. The van der Waals surface area contributed by atoms with E-state index in [2.05, 4.69) is 20.0 Å². The number of piperidine rings is 1. The summed E-state index contributed by atoms with van der Waals surface area (Å²) in [4.78, 5) is 21.7. The second-order valence-corrected chi connectivity index (χ2v) is 4.91. The van der Waals surface area contributed by atoms with Crippen LogP contribution >= 0.6 is 0 Å². The molecule has 0 aromatic carbocycles. The van der Waals surface area contributed by atoms with Gasteiger partial charge in [-0.3, -0.25) is 4.98 Å². The second-order valence-electron chi connectivity index (χ2n) is 4.91. The highest BCUT2D eigenvalue weighted by molar-refractivity contribution is 5.37. The van der Waals surface area contributed by atoms with E-state index in [0.29, 0.717) is 11.7 Å². The molecular formula is C12H19N6O+. The molecule has 0 radical (unpaired) electrons. The van der Waals surface area contributed by atoms with Crippen molar-refractivity contribution in [2.45, 2.75) is 39.7 Å². The first-order valence-electron chi connectivity index (χ1n) is 6.85. The van der Waals surface area contributed by atoms with Gasteiger partial charge in [0.05, 0.1) is 0 Å². The largest absolute Gasteiger partial charge is 0.423 e. The predicted molar refractivity (Wildman–Crippen MR) is 70.3 cm³/mol. The molecule has 0 aliphatic carbocycles. The number of nitrogens with zero attached hydrogens (tertiary/aromatic N) is 5. The first-order chi connectivity index (χ1) is 9.20. The Bertz CT molecular complexity index is 652. The number of hydrogen-bond donors (Lipinski definition) is 1. The fraction of sp³-hybridized carbons (Fsp3) is 0.667. The van der Waals surface area contributed by atoms with Crippen LogP contribution in [0.5, 0.6) is 0 Å². The van der Waals surface area contributed by atoms with Crippen molar-refractivity contribution >= 4 is 11.7 Å². The van der Waals surface area contributed by atoms with Gasteiger partial charge >= 0.3 is 11.5 Å². The summed E-state index contributed by atoms with van der Waals surface area (Å²) < 4.78 is 3.31. The Hall–Kier alpha value is -1.92. The molecular weight excluding hydrogens is 244 g/mol. The molecule has 1 aliphatic heterocycles. The molecule has 0 spiro atoms. The first kappa shape index (κ1) is 12.1. The lowest BCUT2D eigenvalue weighted by molar-refractivity contribution is -0.752. The number of aryl methyl sites for hydroxylation is 2. The third-order valence-electron chi connectivity index (χ3n) is 3.69. The maximum atomic E-state index is 12.2. The molecule has 102 valence electrons. The molecule has 0 amide bonds. The van der Waals surface area contributed by atoms with Gasteiger partial charge < -0.3 is 4.90 Å². The van der Waals surface area contributed by atoms with Gasteiger partial charge in [0, 0.05) is 20.0 Å². The topological polar surface area (TPSA) is 70.2 Å². The van der Waals surface area contributed by atoms with Crippen LogP contribution in [0.3, 0.4) is 0 Å². The summed E-state index contributed by atoms with van der Waals surface area (Å²) in [5.41, 5.74) is -0.164. The molecule has 2 aromatic heterocycles. The summed E-state index contributed by atoms with van der Waals surface area (Å²) in [7, 11) is 0. The van der Waals surface area contributed by atoms with E-state index in [1.54, 1.807) is 4.68 Å². The summed E-state index contributed by atoms with van der Waals surface area (Å²) in [5.74, 6) is 1.92. The van der Waals surface area contributed by atoms with Gasteiger partial charge in [-0.15, -0.1) is 9.08 Å². The van der Waals surface area contributed by atoms with Crippen LogP contribution < -0.4 is 15.3 Å². The number of H-pyrrole nitrogens is 1. The SMILES string of the molecule is CC[n+]1nc2nc(N3CCCCC3)[nH]c(=O)n2c1C. The van der Waals surface area contributed by atoms with Gasteiger partial charge in [-0.25, -0.2) is 4.79 Å². The fourth-order valence-corrected chi connectivity index (χ4v) is 2.62. The van der Waals surface area contributed by atoms with Gasteiger partial charge in [-0.1, -0.05) is 0 Å². The maximum Gasteiger partial charge on any atom is 0.423 e. The van der Waals surface area contributed by atoms with E-state index < -0.39 is 0 Å². The van der Waals surface area contributed by atoms with Crippen LogP contribution in [0.15, 0.2) is 4.79 Å². The average Bonchev–Trinajstić information content (AvgIpc) is 2.76. The Labute approximate surface area is 110 Å². The molecule has 1 fully saturated rings. The number of rotatable bonds is 2. The molecule has 1 saturated heterocycles. The monoisotopic (exact) mass is 263 g/mol. The van der Waals surface area contributed by atoms with E-state index in [9.17, 15) is 4.79 Å². The summed E-state index contributed by atoms with van der Waals surface area (Å²) in [6.45, 7) is 6.51. The zero-order chi connectivity index (χ0) is 13.4. The molecule has 7 nitrogen and oxygen atoms in total. The van der Waals surface area contributed by atoms with Crippen molar-refractivity contribution in [3.63, 3.8) is 0 Å². The first-order valence-corrected chi connectivity index (χ1v) is 6.85. The van der Waals surface area contributed by atoms with Crippen molar-refractivity contribution in [1.82, 2.24) is 19.5 Å². The third kappa shape index (κ3) is 1.98. The van der Waals surface area contributed by atoms with E-state index in [-0.39, 0.29) is 5.69 Å². The van der Waals surface area contributed by atoms with E-state index in [1.807, 2.05) is 13.8 Å². The molecule has 0 unspecified atom stereocenters. The molecule has 1 N–H and O–H groups in total. The average molecular weight is 263 g/mol. The molecule has 3 heterocycles. The van der Waals surface area contributed by atoms with E-state index in [4.69, 9.17) is 0 Å². The van der Waals surface area contributed by atoms with Crippen LogP contribution in [0.25, 0.3) is 5.78 Å². The van der Waals surface area contributed by atoms with E-state index >= 15 is 0 Å². The standard InChI is InChI=1S/C12H18N6O/c1-3-17-9(2)18-11(15-17)13-10(14-12(18)19)16-7-5-4-6-8-16/h3-8H2,1-2H3/p+1. The zero-order valence-electron chi connectivity index (χ0n) is 11.4. The van der Waals surface area contributed by atoms with Crippen LogP contribution in [-0.4, -0.2) is 32.6 Å². The highest BCUT2D eigenvalue weighted by atomic mass is 16.1. The van der Waals surface area contributed by atoms with Crippen LogP contribution in [0.2, 0.25) is 0 Å². The summed E-state index contributed by atoms with van der Waals surface area (Å²) in [6, 6.07) is 0. The van der Waals surface area contributed by atoms with Crippen molar-refractivity contribution in [1.29, 1.82) is 0 Å². The number of nitrogens with one attached hydrogen (secondary N) is 1. The predicted octanol–water partition coefficient (Wildman–Crippen LogP) is 0.0237. The Balaban J connectivity index is 2.11. The minimum Gasteiger partial charge on any atom is -0.342 e. The van der Waals surface area contributed by atoms with Gasteiger partial charge in [0.2, 0.25) is 5.95 Å². The molecule has 3 rings (SSSR count). The van der Waals surface area contributed by atoms with E-state index in [0.717, 1.165) is 38.3 Å². The third-order valence-corrected chi connectivity index (χ3v) is 3.69. The summed E-state index contributed by atoms with van der Waals surface area (Å²) in [6.07, 6.45) is 3.55. The number of aromatic nitrogens is 5. The number of fused-ring (bicyclic) bond motifs is 1. The van der Waals surface area contributed by atoms with Crippen molar-refractivity contribution in [3.8, 4) is 0 Å². The van der Waals surface area contributed by atoms with Gasteiger partial charge in [-0.2, -0.15) is 4.98 Å². The normalized spacial score (nSPS) is 16.2. The molecule has 0 atom stereocenters. The van der Waals surface area contributed by atoms with Crippen molar-refractivity contribution < 1.29 is 4.68 Å². The Morgan fingerprint density at radius 1 is 1.32 bits per heavy atom. The highest BCUT2D eigenvalue weighted by Crippen LogP contribution is 2.14. The second kappa shape index (κ2) is 4.64. The molecule has 0 saturated carbocycles. The molecule has 0 bridgehead atoms.